The van der Waals surface area contributed by atoms with Crippen LogP contribution in [-0.4, -0.2) is 19.5 Å². The van der Waals surface area contributed by atoms with Gasteiger partial charge in [0.15, 0.2) is 0 Å². The minimum absolute atomic E-state index is 0.0944. The van der Waals surface area contributed by atoms with Gasteiger partial charge in [-0.2, -0.15) is 0 Å². The molecular weight excluding hydrogens is 266 g/mol. The monoisotopic (exact) mass is 278 g/mol. The van der Waals surface area contributed by atoms with Crippen LogP contribution < -0.4 is 10.6 Å². The van der Waals surface area contributed by atoms with E-state index < -0.39 is 5.82 Å². The summed E-state index contributed by atoms with van der Waals surface area (Å²) in [5.41, 5.74) is 0.254. The molecule has 1 aromatic carbocycles. The number of anilines is 1. The molecule has 94 valence electrons. The molecule has 0 aliphatic carbocycles. The summed E-state index contributed by atoms with van der Waals surface area (Å²) in [5, 5.41) is 5.69. The third-order valence-corrected chi connectivity index (χ3v) is 2.70. The minimum Gasteiger partial charge on any atom is -0.324 e. The van der Waals surface area contributed by atoms with Crippen molar-refractivity contribution in [1.29, 1.82) is 0 Å². The Balaban J connectivity index is 2.65. The standard InChI is InChI=1S/C11H13Cl2FN2O/c1-15-4-2-3-10(17)16-11-8(12)5-7(14)6-9(11)13/h5-6,15H,2-4H2,1H3,(H,16,17). The van der Waals surface area contributed by atoms with Gasteiger partial charge in [-0.1, -0.05) is 23.2 Å². The number of carbonyl (C=O) groups excluding carboxylic acids is 1. The highest BCUT2D eigenvalue weighted by atomic mass is 35.5. The average molecular weight is 279 g/mol. The third-order valence-electron chi connectivity index (χ3n) is 2.10. The Morgan fingerprint density at radius 3 is 2.47 bits per heavy atom. The van der Waals surface area contributed by atoms with Crippen LogP contribution in [0.1, 0.15) is 12.8 Å². The molecular formula is C11H13Cl2FN2O. The lowest BCUT2D eigenvalue weighted by atomic mass is 10.2. The first-order valence-corrected chi connectivity index (χ1v) is 5.89. The van der Waals surface area contributed by atoms with Gasteiger partial charge in [-0.15, -0.1) is 0 Å². The first kappa shape index (κ1) is 14.2. The predicted molar refractivity (Wildman–Crippen MR) is 68.2 cm³/mol. The fourth-order valence-corrected chi connectivity index (χ4v) is 1.84. The van der Waals surface area contributed by atoms with Gasteiger partial charge in [-0.3, -0.25) is 4.79 Å². The maximum absolute atomic E-state index is 12.9. The van der Waals surface area contributed by atoms with E-state index in [9.17, 15) is 9.18 Å². The molecule has 0 saturated carbocycles. The Kier molecular flexibility index (Phi) is 5.68. The molecule has 0 fully saturated rings. The Morgan fingerprint density at radius 2 is 1.94 bits per heavy atom. The molecule has 0 spiro atoms. The summed E-state index contributed by atoms with van der Waals surface area (Å²) in [5.74, 6) is -0.733. The zero-order valence-electron chi connectivity index (χ0n) is 9.32. The van der Waals surface area contributed by atoms with Crippen molar-refractivity contribution >= 4 is 34.8 Å². The van der Waals surface area contributed by atoms with E-state index in [0.29, 0.717) is 12.8 Å². The smallest absolute Gasteiger partial charge is 0.224 e. The molecule has 17 heavy (non-hydrogen) atoms. The summed E-state index contributed by atoms with van der Waals surface area (Å²) in [6.45, 7) is 0.748. The molecule has 2 N–H and O–H groups in total. The molecule has 0 aromatic heterocycles. The van der Waals surface area contributed by atoms with E-state index in [4.69, 9.17) is 23.2 Å². The first-order chi connectivity index (χ1) is 8.04. The lowest BCUT2D eigenvalue weighted by molar-refractivity contribution is -0.116. The van der Waals surface area contributed by atoms with E-state index in [1.807, 2.05) is 7.05 Å². The lowest BCUT2D eigenvalue weighted by Gasteiger charge is -2.09. The van der Waals surface area contributed by atoms with Crippen LogP contribution in [0, 0.1) is 5.82 Å². The molecule has 0 atom stereocenters. The average Bonchev–Trinajstić information content (AvgIpc) is 2.24. The summed E-state index contributed by atoms with van der Waals surface area (Å²) in [4.78, 5) is 11.5. The van der Waals surface area contributed by atoms with E-state index in [1.54, 1.807) is 0 Å². The fraction of sp³-hybridized carbons (Fsp3) is 0.364. The van der Waals surface area contributed by atoms with Crippen molar-refractivity contribution in [3.8, 4) is 0 Å². The number of carbonyl (C=O) groups is 1. The zero-order chi connectivity index (χ0) is 12.8. The molecule has 0 unspecified atom stereocenters. The Hall–Kier alpha value is -0.840. The van der Waals surface area contributed by atoms with Crippen LogP contribution in [0.2, 0.25) is 10.0 Å². The highest BCUT2D eigenvalue weighted by molar-refractivity contribution is 6.39. The van der Waals surface area contributed by atoms with Crippen molar-refractivity contribution in [1.82, 2.24) is 5.32 Å². The van der Waals surface area contributed by atoms with Crippen molar-refractivity contribution in [3.63, 3.8) is 0 Å². The van der Waals surface area contributed by atoms with E-state index in [-0.39, 0.29) is 21.6 Å². The maximum atomic E-state index is 12.9. The molecule has 0 aliphatic rings. The molecule has 1 amide bonds. The summed E-state index contributed by atoms with van der Waals surface area (Å²) in [6.07, 6.45) is 1.06. The summed E-state index contributed by atoms with van der Waals surface area (Å²) in [7, 11) is 1.81. The zero-order valence-corrected chi connectivity index (χ0v) is 10.8. The molecule has 0 saturated heterocycles. The van der Waals surface area contributed by atoms with Gasteiger partial charge in [0.2, 0.25) is 5.91 Å². The van der Waals surface area contributed by atoms with Crippen molar-refractivity contribution in [3.05, 3.63) is 28.0 Å². The van der Waals surface area contributed by atoms with Crippen molar-refractivity contribution in [2.45, 2.75) is 12.8 Å². The number of amides is 1. The summed E-state index contributed by atoms with van der Waals surface area (Å²) < 4.78 is 12.9. The van der Waals surface area contributed by atoms with Crippen LogP contribution in [0.25, 0.3) is 0 Å². The molecule has 0 heterocycles. The van der Waals surface area contributed by atoms with Gasteiger partial charge in [-0.05, 0) is 32.1 Å². The predicted octanol–water partition coefficient (Wildman–Crippen LogP) is 3.07. The fourth-order valence-electron chi connectivity index (χ4n) is 1.29. The van der Waals surface area contributed by atoms with Crippen LogP contribution in [-0.2, 0) is 4.79 Å². The van der Waals surface area contributed by atoms with Gasteiger partial charge in [0.25, 0.3) is 0 Å². The Labute approximate surface area is 109 Å². The lowest BCUT2D eigenvalue weighted by Crippen LogP contribution is -2.15. The van der Waals surface area contributed by atoms with E-state index in [1.165, 1.54) is 0 Å². The number of halogens is 3. The third kappa shape index (κ3) is 4.50. The van der Waals surface area contributed by atoms with Crippen molar-refractivity contribution in [2.75, 3.05) is 18.9 Å². The Bertz CT molecular complexity index is 389. The van der Waals surface area contributed by atoms with Crippen LogP contribution in [0.5, 0.6) is 0 Å². The normalized spacial score (nSPS) is 10.4. The molecule has 3 nitrogen and oxygen atoms in total. The first-order valence-electron chi connectivity index (χ1n) is 5.13. The second-order valence-electron chi connectivity index (χ2n) is 3.50. The van der Waals surface area contributed by atoms with Crippen LogP contribution in [0.3, 0.4) is 0 Å². The second-order valence-corrected chi connectivity index (χ2v) is 4.31. The highest BCUT2D eigenvalue weighted by Gasteiger charge is 2.11. The van der Waals surface area contributed by atoms with E-state index >= 15 is 0 Å². The Morgan fingerprint density at radius 1 is 1.35 bits per heavy atom. The van der Waals surface area contributed by atoms with Gasteiger partial charge in [0.05, 0.1) is 15.7 Å². The second kappa shape index (κ2) is 6.79. The van der Waals surface area contributed by atoms with Crippen molar-refractivity contribution < 1.29 is 9.18 Å². The highest BCUT2D eigenvalue weighted by Crippen LogP contribution is 2.31. The van der Waals surface area contributed by atoms with Crippen LogP contribution in [0.4, 0.5) is 10.1 Å². The molecule has 6 heteroatoms. The number of hydrogen-bond acceptors (Lipinski definition) is 2. The van der Waals surface area contributed by atoms with Gasteiger partial charge in [-0.25, -0.2) is 4.39 Å². The molecule has 1 aromatic rings. The number of nitrogens with one attached hydrogen (secondary N) is 2. The molecule has 0 radical (unpaired) electrons. The topological polar surface area (TPSA) is 41.1 Å². The largest absolute Gasteiger partial charge is 0.324 e. The van der Waals surface area contributed by atoms with Gasteiger partial charge < -0.3 is 10.6 Å². The van der Waals surface area contributed by atoms with Gasteiger partial charge in [0.1, 0.15) is 5.82 Å². The maximum Gasteiger partial charge on any atom is 0.224 e. The van der Waals surface area contributed by atoms with Crippen LogP contribution in [0.15, 0.2) is 12.1 Å². The number of hydrogen-bond donors (Lipinski definition) is 2. The van der Waals surface area contributed by atoms with Crippen molar-refractivity contribution in [2.24, 2.45) is 0 Å². The molecule has 0 bridgehead atoms. The molecule has 0 aliphatic heterocycles. The number of benzene rings is 1. The minimum atomic E-state index is -0.534. The molecule has 1 rings (SSSR count). The number of rotatable bonds is 5. The van der Waals surface area contributed by atoms with Crippen LogP contribution >= 0.6 is 23.2 Å². The quantitative estimate of drug-likeness (QED) is 0.813. The summed E-state index contributed by atoms with van der Waals surface area (Å²) >= 11 is 11.6. The summed E-state index contributed by atoms with van der Waals surface area (Å²) in [6, 6.07) is 2.22. The van der Waals surface area contributed by atoms with E-state index in [0.717, 1.165) is 18.7 Å². The SMILES string of the molecule is CNCCCC(=O)Nc1c(Cl)cc(F)cc1Cl. The van der Waals surface area contributed by atoms with Gasteiger partial charge in [0, 0.05) is 6.42 Å². The van der Waals surface area contributed by atoms with E-state index in [2.05, 4.69) is 10.6 Å². The van der Waals surface area contributed by atoms with Gasteiger partial charge >= 0.3 is 0 Å².